The molecule has 2 unspecified atom stereocenters. The van der Waals surface area contributed by atoms with E-state index in [0.29, 0.717) is 11.6 Å². The molecule has 4 nitrogen and oxygen atoms in total. The minimum absolute atomic E-state index is 0.129. The van der Waals surface area contributed by atoms with E-state index in [9.17, 15) is 23.5 Å². The van der Waals surface area contributed by atoms with Crippen LogP contribution in [0.15, 0.2) is 42.5 Å². The molecule has 0 fully saturated rings. The maximum atomic E-state index is 14.8. The zero-order chi connectivity index (χ0) is 22.0. The van der Waals surface area contributed by atoms with E-state index >= 15 is 0 Å². The fraction of sp³-hybridized carbons (Fsp3) is 0.304. The van der Waals surface area contributed by atoms with Crippen LogP contribution in [0, 0.1) is 35.3 Å². The third kappa shape index (κ3) is 4.14. The summed E-state index contributed by atoms with van der Waals surface area (Å²) in [7, 11) is 0. The molecule has 0 aromatic heterocycles. The Balaban J connectivity index is 2.89. The summed E-state index contributed by atoms with van der Waals surface area (Å²) in [6.45, 7) is 6.27. The second-order valence-corrected chi connectivity index (χ2v) is 7.89. The number of carbonyl (C=O) groups is 2. The first-order valence-corrected chi connectivity index (χ1v) is 9.02. The van der Waals surface area contributed by atoms with Crippen LogP contribution in [0.5, 0.6) is 0 Å². The van der Waals surface area contributed by atoms with Gasteiger partial charge in [-0.1, -0.05) is 57.0 Å². The van der Waals surface area contributed by atoms with Crippen LogP contribution in [-0.2, 0) is 15.0 Å². The molecule has 0 aliphatic rings. The van der Waals surface area contributed by atoms with Crippen LogP contribution in [0.4, 0.5) is 14.5 Å². The van der Waals surface area contributed by atoms with E-state index in [4.69, 9.17) is 6.42 Å². The van der Waals surface area contributed by atoms with Crippen molar-refractivity contribution in [3.8, 4) is 12.3 Å². The lowest BCUT2D eigenvalue weighted by molar-refractivity contribution is -0.142. The van der Waals surface area contributed by atoms with Crippen molar-refractivity contribution in [3.63, 3.8) is 0 Å². The number of carbonyl (C=O) groups excluding carboxylic acids is 1. The molecule has 0 heterocycles. The number of benzene rings is 2. The van der Waals surface area contributed by atoms with Gasteiger partial charge in [0.25, 0.3) is 0 Å². The summed E-state index contributed by atoms with van der Waals surface area (Å²) < 4.78 is 29.1. The number of halogens is 2. The van der Waals surface area contributed by atoms with Gasteiger partial charge < -0.3 is 10.4 Å². The van der Waals surface area contributed by atoms with Gasteiger partial charge in [-0.05, 0) is 18.6 Å². The van der Waals surface area contributed by atoms with Crippen molar-refractivity contribution in [1.82, 2.24) is 0 Å². The van der Waals surface area contributed by atoms with Gasteiger partial charge >= 0.3 is 5.97 Å². The van der Waals surface area contributed by atoms with Gasteiger partial charge in [0, 0.05) is 17.0 Å². The molecule has 2 aromatic rings. The van der Waals surface area contributed by atoms with Gasteiger partial charge in [-0.25, -0.2) is 8.78 Å². The molecule has 2 rings (SSSR count). The van der Waals surface area contributed by atoms with Gasteiger partial charge in [-0.2, -0.15) is 0 Å². The lowest BCUT2D eigenvalue weighted by Gasteiger charge is -2.35. The minimum atomic E-state index is -1.73. The molecule has 152 valence electrons. The lowest BCUT2D eigenvalue weighted by atomic mass is 9.66. The van der Waals surface area contributed by atoms with Gasteiger partial charge in [-0.15, -0.1) is 6.42 Å². The van der Waals surface area contributed by atoms with E-state index in [1.165, 1.54) is 6.92 Å². The van der Waals surface area contributed by atoms with E-state index in [-0.39, 0.29) is 11.3 Å². The van der Waals surface area contributed by atoms with Crippen LogP contribution in [0.2, 0.25) is 0 Å². The molecule has 0 bridgehead atoms. The van der Waals surface area contributed by atoms with Crippen LogP contribution < -0.4 is 5.32 Å². The molecule has 2 N–H and O–H groups in total. The van der Waals surface area contributed by atoms with E-state index in [1.54, 1.807) is 51.1 Å². The Hall–Kier alpha value is -3.20. The predicted molar refractivity (Wildman–Crippen MR) is 107 cm³/mol. The number of aliphatic carboxylic acids is 1. The predicted octanol–water partition coefficient (Wildman–Crippen LogP) is 4.59. The standard InChI is InChI=1S/C23H23F2NO3/c1-6-23(14(2)20(27)28,15-10-8-7-9-11-15)17-12-16(24)13-18(25)19(17)26-21(29)22(3,4)5/h1,7-14H,2-5H3,(H,26,29)(H,27,28). The van der Waals surface area contributed by atoms with Crippen LogP contribution in [0.1, 0.15) is 38.8 Å². The smallest absolute Gasteiger partial charge is 0.308 e. The quantitative estimate of drug-likeness (QED) is 0.723. The molecule has 1 amide bonds. The first-order chi connectivity index (χ1) is 13.4. The highest BCUT2D eigenvalue weighted by Gasteiger charge is 2.45. The van der Waals surface area contributed by atoms with E-state index in [2.05, 4.69) is 11.2 Å². The van der Waals surface area contributed by atoms with E-state index in [1.807, 2.05) is 0 Å². The molecule has 0 aliphatic heterocycles. The molecular formula is C23H23F2NO3. The highest BCUT2D eigenvalue weighted by Crippen LogP contribution is 2.44. The first-order valence-electron chi connectivity index (χ1n) is 9.02. The number of hydrogen-bond donors (Lipinski definition) is 2. The number of amides is 1. The Morgan fingerprint density at radius 1 is 1.14 bits per heavy atom. The second-order valence-electron chi connectivity index (χ2n) is 7.89. The van der Waals surface area contributed by atoms with E-state index in [0.717, 1.165) is 6.07 Å². The zero-order valence-electron chi connectivity index (χ0n) is 16.7. The van der Waals surface area contributed by atoms with Gasteiger partial charge in [0.05, 0.1) is 17.0 Å². The highest BCUT2D eigenvalue weighted by molar-refractivity contribution is 5.96. The Morgan fingerprint density at radius 3 is 2.21 bits per heavy atom. The normalized spacial score (nSPS) is 14.4. The van der Waals surface area contributed by atoms with Crippen molar-refractivity contribution in [3.05, 3.63) is 65.2 Å². The zero-order valence-corrected chi connectivity index (χ0v) is 16.7. The number of anilines is 1. The molecule has 0 spiro atoms. The van der Waals surface area contributed by atoms with Crippen LogP contribution in [0.3, 0.4) is 0 Å². The van der Waals surface area contributed by atoms with Gasteiger partial charge in [0.1, 0.15) is 11.6 Å². The molecule has 0 radical (unpaired) electrons. The monoisotopic (exact) mass is 399 g/mol. The average molecular weight is 399 g/mol. The SMILES string of the molecule is C#CC(c1ccccc1)(c1cc(F)cc(F)c1NC(=O)C(C)(C)C)C(C)C(=O)O. The molecular weight excluding hydrogens is 376 g/mol. The summed E-state index contributed by atoms with van der Waals surface area (Å²) in [5.74, 6) is -2.51. The van der Waals surface area contributed by atoms with Crippen LogP contribution in [-0.4, -0.2) is 17.0 Å². The molecule has 0 saturated heterocycles. The number of carboxylic acids is 1. The number of rotatable bonds is 5. The Morgan fingerprint density at radius 2 is 1.72 bits per heavy atom. The molecule has 0 aliphatic carbocycles. The van der Waals surface area contributed by atoms with Crippen molar-refractivity contribution < 1.29 is 23.5 Å². The average Bonchev–Trinajstić information content (AvgIpc) is 2.65. The number of hydrogen-bond acceptors (Lipinski definition) is 2. The topological polar surface area (TPSA) is 66.4 Å². The van der Waals surface area contributed by atoms with Crippen LogP contribution in [0.25, 0.3) is 0 Å². The number of terminal acetylenes is 1. The fourth-order valence-electron chi connectivity index (χ4n) is 3.12. The summed E-state index contributed by atoms with van der Waals surface area (Å²) in [5.41, 5.74) is -2.69. The van der Waals surface area contributed by atoms with E-state index < -0.39 is 40.3 Å². The molecule has 6 heteroatoms. The molecule has 0 saturated carbocycles. The Labute approximate surface area is 169 Å². The Kier molecular flexibility index (Phi) is 6.13. The van der Waals surface area contributed by atoms with Crippen molar-refractivity contribution in [2.45, 2.75) is 33.1 Å². The molecule has 29 heavy (non-hydrogen) atoms. The summed E-state index contributed by atoms with van der Waals surface area (Å²) in [4.78, 5) is 24.5. The lowest BCUT2D eigenvalue weighted by Crippen LogP contribution is -2.40. The molecule has 2 atom stereocenters. The Bertz CT molecular complexity index is 974. The molecule has 2 aromatic carbocycles. The van der Waals surface area contributed by atoms with Gasteiger partial charge in [0.2, 0.25) is 5.91 Å². The largest absolute Gasteiger partial charge is 0.481 e. The first kappa shape index (κ1) is 22.1. The van der Waals surface area contributed by atoms with Crippen LogP contribution >= 0.6 is 0 Å². The second kappa shape index (κ2) is 8.04. The van der Waals surface area contributed by atoms with Crippen molar-refractivity contribution in [1.29, 1.82) is 0 Å². The summed E-state index contributed by atoms with van der Waals surface area (Å²) in [6, 6.07) is 9.81. The fourth-order valence-corrected chi connectivity index (χ4v) is 3.12. The summed E-state index contributed by atoms with van der Waals surface area (Å²) in [5, 5.41) is 12.2. The summed E-state index contributed by atoms with van der Waals surface area (Å²) in [6.07, 6.45) is 5.83. The van der Waals surface area contributed by atoms with Gasteiger partial charge in [0.15, 0.2) is 0 Å². The third-order valence-electron chi connectivity index (χ3n) is 4.88. The van der Waals surface area contributed by atoms with Crippen molar-refractivity contribution in [2.75, 3.05) is 5.32 Å². The maximum absolute atomic E-state index is 14.8. The number of nitrogens with one attached hydrogen (secondary N) is 1. The van der Waals surface area contributed by atoms with Crippen molar-refractivity contribution >= 4 is 17.6 Å². The maximum Gasteiger partial charge on any atom is 0.308 e. The minimum Gasteiger partial charge on any atom is -0.481 e. The van der Waals surface area contributed by atoms with Gasteiger partial charge in [-0.3, -0.25) is 9.59 Å². The third-order valence-corrected chi connectivity index (χ3v) is 4.88. The highest BCUT2D eigenvalue weighted by atomic mass is 19.1. The van der Waals surface area contributed by atoms with Crippen molar-refractivity contribution in [2.24, 2.45) is 11.3 Å². The number of carboxylic acid groups (broad SMARTS) is 1. The summed E-state index contributed by atoms with van der Waals surface area (Å²) >= 11 is 0.